The van der Waals surface area contributed by atoms with E-state index < -0.39 is 15.9 Å². The molecule has 9 nitrogen and oxygen atoms in total. The summed E-state index contributed by atoms with van der Waals surface area (Å²) in [6, 6.07) is 11.3. The van der Waals surface area contributed by atoms with Crippen molar-refractivity contribution in [3.05, 3.63) is 58.9 Å². The van der Waals surface area contributed by atoms with Crippen molar-refractivity contribution in [2.24, 2.45) is 4.40 Å². The van der Waals surface area contributed by atoms with E-state index in [-0.39, 0.29) is 21.0 Å². The van der Waals surface area contributed by atoms with E-state index in [1.807, 2.05) is 24.3 Å². The van der Waals surface area contributed by atoms with Crippen LogP contribution < -0.4 is 5.43 Å². The molecule has 1 aromatic heterocycles. The number of halogens is 1. The van der Waals surface area contributed by atoms with E-state index in [4.69, 9.17) is 11.6 Å². The lowest BCUT2D eigenvalue weighted by molar-refractivity contribution is 0.101. The fourth-order valence-electron chi connectivity index (χ4n) is 2.51. The zero-order chi connectivity index (χ0) is 20.5. The van der Waals surface area contributed by atoms with Crippen LogP contribution in [0, 0.1) is 6.92 Å². The third kappa shape index (κ3) is 4.73. The molecule has 0 atom stereocenters. The lowest BCUT2D eigenvalue weighted by Gasteiger charge is -2.11. The average molecular weight is 438 g/mol. The molecule has 11 heteroatoms. The van der Waals surface area contributed by atoms with Crippen molar-refractivity contribution in [2.75, 3.05) is 19.5 Å². The zero-order valence-electron chi connectivity index (χ0n) is 15.9. The second-order valence-electron chi connectivity index (χ2n) is 6.23. The number of aromatic nitrogens is 2. The molecule has 2 aromatic carbocycles. The molecule has 0 fully saturated rings. The number of nitrogens with zero attached hydrogens (tertiary/aromatic N) is 4. The number of amides is 1. The maximum absolute atomic E-state index is 12.7. The van der Waals surface area contributed by atoms with Gasteiger partial charge in [-0.15, -0.1) is 4.40 Å². The van der Waals surface area contributed by atoms with E-state index in [9.17, 15) is 13.2 Å². The Bertz CT molecular complexity index is 1190. The Hall–Kier alpha value is -2.95. The molecule has 0 aliphatic rings. The molecule has 0 bridgehead atoms. The maximum atomic E-state index is 12.7. The quantitative estimate of drug-likeness (QED) is 0.481. The topological polar surface area (TPSA) is 128 Å². The summed E-state index contributed by atoms with van der Waals surface area (Å²) in [5.74, 6) is 0.0860. The molecule has 0 aliphatic carbocycles. The first kappa shape index (κ1) is 22.3. The van der Waals surface area contributed by atoms with E-state index in [2.05, 4.69) is 14.8 Å². The van der Waals surface area contributed by atoms with Crippen molar-refractivity contribution in [2.45, 2.75) is 11.8 Å². The van der Waals surface area contributed by atoms with Gasteiger partial charge in [-0.1, -0.05) is 23.7 Å². The molecule has 0 saturated carbocycles. The highest BCUT2D eigenvalue weighted by Crippen LogP contribution is 2.25. The van der Waals surface area contributed by atoms with Crippen molar-refractivity contribution in [1.82, 2.24) is 14.6 Å². The molecule has 0 aliphatic heterocycles. The highest BCUT2D eigenvalue weighted by atomic mass is 35.5. The number of nitrogens with one attached hydrogen (secondary N) is 1. The second kappa shape index (κ2) is 8.60. The molecule has 0 unspecified atom stereocenters. The Morgan fingerprint density at radius 1 is 1.24 bits per heavy atom. The minimum absolute atomic E-state index is 0. The van der Waals surface area contributed by atoms with Gasteiger partial charge in [0.25, 0.3) is 15.9 Å². The smallest absolute Gasteiger partial charge is 0.285 e. The lowest BCUT2D eigenvalue weighted by atomic mass is 10.2. The van der Waals surface area contributed by atoms with Crippen LogP contribution in [0.4, 0.5) is 0 Å². The number of sulfonamides is 1. The third-order valence-electron chi connectivity index (χ3n) is 3.83. The first-order chi connectivity index (χ1) is 13.2. The number of hydrogen-bond acceptors (Lipinski definition) is 4. The number of aryl methyl sites for hydroxylation is 1. The minimum Gasteiger partial charge on any atom is -0.412 e. The van der Waals surface area contributed by atoms with Gasteiger partial charge in [0.15, 0.2) is 0 Å². The molecule has 29 heavy (non-hydrogen) atoms. The summed E-state index contributed by atoms with van der Waals surface area (Å²) in [5.41, 5.74) is 4.32. The summed E-state index contributed by atoms with van der Waals surface area (Å²) in [6.07, 6.45) is 1.15. The second-order valence-corrected chi connectivity index (χ2v) is 8.24. The van der Waals surface area contributed by atoms with Gasteiger partial charge >= 0.3 is 0 Å². The highest BCUT2D eigenvalue weighted by Gasteiger charge is 2.20. The largest absolute Gasteiger partial charge is 0.412 e. The molecule has 1 amide bonds. The SMILES string of the molecule is Cc1nc2ccccc2n1NC(=O)c1ccc(Cl)c(S(=O)(=O)N=CN(C)C)c1.O. The molecule has 3 rings (SSSR count). The monoisotopic (exact) mass is 437 g/mol. The molecule has 1 heterocycles. The molecular formula is C18H20ClN5O4S. The first-order valence-corrected chi connectivity index (χ1v) is 10.0. The predicted octanol–water partition coefficient (Wildman–Crippen LogP) is 1.84. The normalized spacial score (nSPS) is 11.4. The van der Waals surface area contributed by atoms with Crippen LogP contribution in [0.25, 0.3) is 11.0 Å². The lowest BCUT2D eigenvalue weighted by Crippen LogP contribution is -2.24. The Labute approximate surface area is 173 Å². The maximum Gasteiger partial charge on any atom is 0.285 e. The van der Waals surface area contributed by atoms with E-state index in [0.717, 1.165) is 17.4 Å². The standard InChI is InChI=1S/C18H18ClN5O3S.H2O/c1-12-21-15-6-4-5-7-16(15)24(12)22-18(25)13-8-9-14(19)17(10-13)28(26,27)20-11-23(2)3;/h4-11H,1-3H3,(H,22,25);1H2. The summed E-state index contributed by atoms with van der Waals surface area (Å²) >= 11 is 6.03. The number of benzene rings is 2. The average Bonchev–Trinajstić information content (AvgIpc) is 2.96. The Kier molecular flexibility index (Phi) is 6.62. The fourth-order valence-corrected chi connectivity index (χ4v) is 3.94. The van der Waals surface area contributed by atoms with E-state index in [0.29, 0.717) is 5.82 Å². The summed E-state index contributed by atoms with van der Waals surface area (Å²) in [6.45, 7) is 1.76. The van der Waals surface area contributed by atoms with Crippen molar-refractivity contribution in [3.8, 4) is 0 Å². The Morgan fingerprint density at radius 3 is 2.62 bits per heavy atom. The van der Waals surface area contributed by atoms with Gasteiger partial charge in [-0.25, -0.2) is 9.66 Å². The third-order valence-corrected chi connectivity index (χ3v) is 5.54. The number of hydrogen-bond donors (Lipinski definition) is 1. The van der Waals surface area contributed by atoms with Crippen molar-refractivity contribution in [1.29, 1.82) is 0 Å². The van der Waals surface area contributed by atoms with Gasteiger partial charge in [0.05, 0.1) is 16.1 Å². The molecular weight excluding hydrogens is 418 g/mol. The Morgan fingerprint density at radius 2 is 1.93 bits per heavy atom. The van der Waals surface area contributed by atoms with E-state index in [1.54, 1.807) is 25.7 Å². The number of rotatable bonds is 5. The van der Waals surface area contributed by atoms with Crippen LogP contribution in [-0.4, -0.2) is 54.8 Å². The molecule has 0 radical (unpaired) electrons. The zero-order valence-corrected chi connectivity index (χ0v) is 17.5. The van der Waals surface area contributed by atoms with Crippen LogP contribution in [0.5, 0.6) is 0 Å². The van der Waals surface area contributed by atoms with Gasteiger partial charge in [0.2, 0.25) is 0 Å². The number of fused-ring (bicyclic) bond motifs is 1. The van der Waals surface area contributed by atoms with Crippen LogP contribution in [0.3, 0.4) is 0 Å². The fraction of sp³-hybridized carbons (Fsp3) is 0.167. The van der Waals surface area contributed by atoms with Gasteiger partial charge in [0, 0.05) is 19.7 Å². The van der Waals surface area contributed by atoms with Gasteiger partial charge in [-0.05, 0) is 37.3 Å². The number of imidazole rings is 1. The number of carbonyl (C=O) groups excluding carboxylic acids is 1. The van der Waals surface area contributed by atoms with Crippen LogP contribution in [0.1, 0.15) is 16.2 Å². The van der Waals surface area contributed by atoms with Gasteiger partial charge in [-0.3, -0.25) is 10.2 Å². The molecule has 3 aromatic rings. The van der Waals surface area contributed by atoms with Crippen molar-refractivity contribution in [3.63, 3.8) is 0 Å². The van der Waals surface area contributed by atoms with Gasteiger partial charge < -0.3 is 10.4 Å². The summed E-state index contributed by atoms with van der Waals surface area (Å²) in [5, 5.41) is -0.0169. The molecule has 0 spiro atoms. The number of carbonyl (C=O) groups is 1. The molecule has 154 valence electrons. The summed E-state index contributed by atoms with van der Waals surface area (Å²) < 4.78 is 30.0. The van der Waals surface area contributed by atoms with Gasteiger partial charge in [0.1, 0.15) is 17.1 Å². The Balaban J connectivity index is 0.00000300. The minimum atomic E-state index is -4.05. The van der Waals surface area contributed by atoms with Crippen LogP contribution >= 0.6 is 11.6 Å². The van der Waals surface area contributed by atoms with Crippen molar-refractivity contribution >= 4 is 44.9 Å². The van der Waals surface area contributed by atoms with Crippen LogP contribution in [0.15, 0.2) is 51.8 Å². The molecule has 3 N–H and O–H groups in total. The molecule has 0 saturated heterocycles. The first-order valence-electron chi connectivity index (χ1n) is 8.21. The number of para-hydroxylation sites is 2. The summed E-state index contributed by atoms with van der Waals surface area (Å²) in [4.78, 5) is 18.3. The van der Waals surface area contributed by atoms with Gasteiger partial charge in [-0.2, -0.15) is 8.42 Å². The predicted molar refractivity (Wildman–Crippen MR) is 113 cm³/mol. The van der Waals surface area contributed by atoms with E-state index in [1.165, 1.54) is 23.1 Å². The highest BCUT2D eigenvalue weighted by molar-refractivity contribution is 7.90. The summed E-state index contributed by atoms with van der Waals surface area (Å²) in [7, 11) is -0.768. The van der Waals surface area contributed by atoms with Crippen LogP contribution in [0.2, 0.25) is 5.02 Å². The van der Waals surface area contributed by atoms with E-state index >= 15 is 0 Å². The van der Waals surface area contributed by atoms with Crippen LogP contribution in [-0.2, 0) is 10.0 Å². The van der Waals surface area contributed by atoms with Crippen molar-refractivity contribution < 1.29 is 18.7 Å².